The number of aromatic nitrogens is 2. The molecule has 0 amide bonds. The Balaban J connectivity index is 2.05. The first-order valence-electron chi connectivity index (χ1n) is 10.5. The average Bonchev–Trinajstić information content (AvgIpc) is 3.14. The maximum Gasteiger partial charge on any atom is 0.359 e. The molecule has 0 spiro atoms. The number of imidazole rings is 1. The molecule has 0 aliphatic carbocycles. The van der Waals surface area contributed by atoms with E-state index in [2.05, 4.69) is 9.71 Å². The second kappa shape index (κ2) is 10.7. The summed E-state index contributed by atoms with van der Waals surface area (Å²) in [5, 5.41) is 0.512. The number of ether oxygens (including phenoxy) is 1. The predicted octanol–water partition coefficient (Wildman–Crippen LogP) is 4.49. The number of carbonyl (C=O) groups excluding carboxylic acids is 1. The number of esters is 1. The summed E-state index contributed by atoms with van der Waals surface area (Å²) < 4.78 is 35.4. The van der Waals surface area contributed by atoms with Gasteiger partial charge in [-0.1, -0.05) is 55.3 Å². The molecule has 33 heavy (non-hydrogen) atoms. The molecular formula is C23H27ClN4O4S. The number of halogens is 1. The Hall–Kier alpha value is -3.04. The van der Waals surface area contributed by atoms with Crippen LogP contribution in [-0.2, 0) is 20.5 Å². The zero-order valence-corrected chi connectivity index (χ0v) is 20.4. The van der Waals surface area contributed by atoms with Crippen molar-refractivity contribution in [2.45, 2.75) is 25.5 Å². The summed E-state index contributed by atoms with van der Waals surface area (Å²) in [5.74, 6) is -0.660. The fourth-order valence-electron chi connectivity index (χ4n) is 3.15. The minimum absolute atomic E-state index is 0.0145. The Morgan fingerprint density at radius 2 is 1.79 bits per heavy atom. The van der Waals surface area contributed by atoms with Gasteiger partial charge in [0.1, 0.15) is 0 Å². The predicted molar refractivity (Wildman–Crippen MR) is 131 cm³/mol. The molecule has 0 bridgehead atoms. The minimum Gasteiger partial charge on any atom is -0.461 e. The number of unbranched alkanes of at least 4 members (excludes halogenated alkanes) is 1. The van der Waals surface area contributed by atoms with Crippen molar-refractivity contribution < 1.29 is 17.9 Å². The molecule has 176 valence electrons. The van der Waals surface area contributed by atoms with Crippen LogP contribution < -0.4 is 9.62 Å². The van der Waals surface area contributed by atoms with Gasteiger partial charge in [0.15, 0.2) is 11.5 Å². The van der Waals surface area contributed by atoms with Gasteiger partial charge in [0.25, 0.3) is 0 Å². The van der Waals surface area contributed by atoms with Crippen molar-refractivity contribution in [3.05, 3.63) is 70.9 Å². The summed E-state index contributed by atoms with van der Waals surface area (Å²) in [6, 6.07) is 15.6. The van der Waals surface area contributed by atoms with E-state index < -0.39 is 16.0 Å². The summed E-state index contributed by atoms with van der Waals surface area (Å²) in [6.07, 6.45) is 1.55. The smallest absolute Gasteiger partial charge is 0.359 e. The van der Waals surface area contributed by atoms with Gasteiger partial charge in [0, 0.05) is 24.8 Å². The first kappa shape index (κ1) is 24.6. The number of carbonyl (C=O) groups is 1. The minimum atomic E-state index is -3.89. The summed E-state index contributed by atoms with van der Waals surface area (Å²) in [4.78, 5) is 19.3. The summed E-state index contributed by atoms with van der Waals surface area (Å²) in [6.45, 7) is 2.21. The molecule has 8 nitrogen and oxygen atoms in total. The molecule has 0 fully saturated rings. The highest BCUT2D eigenvalue weighted by Gasteiger charge is 2.29. The highest BCUT2D eigenvalue weighted by Crippen LogP contribution is 2.29. The number of benzene rings is 2. The van der Waals surface area contributed by atoms with Gasteiger partial charge >= 0.3 is 5.97 Å². The molecule has 1 N–H and O–H groups in total. The van der Waals surface area contributed by atoms with E-state index >= 15 is 0 Å². The fourth-order valence-corrected chi connectivity index (χ4v) is 4.42. The van der Waals surface area contributed by atoms with Gasteiger partial charge in [0.05, 0.1) is 12.4 Å². The van der Waals surface area contributed by atoms with Crippen LogP contribution in [0.15, 0.2) is 54.6 Å². The van der Waals surface area contributed by atoms with Crippen LogP contribution in [0.25, 0.3) is 5.69 Å². The number of para-hydroxylation sites is 1. The van der Waals surface area contributed by atoms with E-state index in [0.29, 0.717) is 28.6 Å². The van der Waals surface area contributed by atoms with Crippen LogP contribution >= 0.6 is 11.6 Å². The van der Waals surface area contributed by atoms with Crippen molar-refractivity contribution in [1.82, 2.24) is 9.55 Å². The molecule has 0 unspecified atom stereocenters. The standard InChI is InChI=1S/C23H27ClN4O4S/c1-4-5-15-32-22(29)20-21(26-33(30,31)16-17-11-13-18(24)14-12-17)25-23(27(2)3)28(20)19-9-7-6-8-10-19/h6-14,26H,4-5,15-16H2,1-3H3. The van der Waals surface area contributed by atoms with Gasteiger partial charge in [-0.3, -0.25) is 9.29 Å². The Morgan fingerprint density at radius 3 is 2.39 bits per heavy atom. The van der Waals surface area contributed by atoms with Crippen LogP contribution in [0.1, 0.15) is 35.8 Å². The van der Waals surface area contributed by atoms with Crippen LogP contribution in [0.2, 0.25) is 5.02 Å². The third kappa shape index (κ3) is 6.27. The van der Waals surface area contributed by atoms with E-state index in [9.17, 15) is 13.2 Å². The topological polar surface area (TPSA) is 93.5 Å². The molecule has 0 aliphatic heterocycles. The Bertz CT molecular complexity index is 1190. The van der Waals surface area contributed by atoms with Gasteiger partial charge in [-0.2, -0.15) is 4.98 Å². The lowest BCUT2D eigenvalue weighted by molar-refractivity contribution is 0.0492. The maximum atomic E-state index is 13.1. The Labute approximate surface area is 199 Å². The maximum absolute atomic E-state index is 13.1. The Kier molecular flexibility index (Phi) is 7.99. The quantitative estimate of drug-likeness (QED) is 0.332. The molecule has 0 saturated carbocycles. The van der Waals surface area contributed by atoms with Crippen molar-refractivity contribution in [2.24, 2.45) is 0 Å². The number of nitrogens with one attached hydrogen (secondary N) is 1. The lowest BCUT2D eigenvalue weighted by atomic mass is 10.2. The normalized spacial score (nSPS) is 11.3. The van der Waals surface area contributed by atoms with Crippen LogP contribution in [0.4, 0.5) is 11.8 Å². The van der Waals surface area contributed by atoms with Crippen LogP contribution in [0.3, 0.4) is 0 Å². The molecule has 1 aromatic heterocycles. The van der Waals surface area contributed by atoms with Crippen LogP contribution in [0.5, 0.6) is 0 Å². The summed E-state index contributed by atoms with van der Waals surface area (Å²) in [7, 11) is -0.361. The van der Waals surface area contributed by atoms with Gasteiger partial charge in [-0.05, 0) is 36.2 Å². The molecule has 0 radical (unpaired) electrons. The Morgan fingerprint density at radius 1 is 1.12 bits per heavy atom. The van der Waals surface area contributed by atoms with Crippen molar-refractivity contribution in [3.63, 3.8) is 0 Å². The molecule has 0 atom stereocenters. The van der Waals surface area contributed by atoms with Gasteiger partial charge in [0.2, 0.25) is 16.0 Å². The van der Waals surface area contributed by atoms with Gasteiger partial charge in [-0.25, -0.2) is 13.2 Å². The average molecular weight is 491 g/mol. The number of anilines is 2. The van der Waals surface area contributed by atoms with Crippen molar-refractivity contribution >= 4 is 39.4 Å². The van der Waals surface area contributed by atoms with E-state index in [1.54, 1.807) is 47.8 Å². The zero-order valence-electron chi connectivity index (χ0n) is 18.8. The molecule has 10 heteroatoms. The van der Waals surface area contributed by atoms with E-state index in [-0.39, 0.29) is 23.9 Å². The molecule has 0 saturated heterocycles. The molecule has 2 aromatic carbocycles. The first-order valence-corrected chi connectivity index (χ1v) is 12.5. The SMILES string of the molecule is CCCCOC(=O)c1c(NS(=O)(=O)Cc2ccc(Cl)cc2)nc(N(C)C)n1-c1ccccc1. The second-order valence-electron chi connectivity index (χ2n) is 7.65. The lowest BCUT2D eigenvalue weighted by Gasteiger charge is -2.16. The third-order valence-electron chi connectivity index (χ3n) is 4.72. The van der Waals surface area contributed by atoms with Crippen molar-refractivity contribution in [3.8, 4) is 5.69 Å². The molecule has 3 aromatic rings. The zero-order chi connectivity index (χ0) is 24.0. The first-order chi connectivity index (χ1) is 15.7. The van der Waals surface area contributed by atoms with Crippen molar-refractivity contribution in [1.29, 1.82) is 0 Å². The van der Waals surface area contributed by atoms with Gasteiger partial charge in [-0.15, -0.1) is 0 Å². The molecule has 1 heterocycles. The largest absolute Gasteiger partial charge is 0.461 e. The number of hydrogen-bond donors (Lipinski definition) is 1. The molecular weight excluding hydrogens is 464 g/mol. The van der Waals surface area contributed by atoms with Crippen LogP contribution in [-0.4, -0.2) is 44.6 Å². The summed E-state index contributed by atoms with van der Waals surface area (Å²) in [5.41, 5.74) is 1.22. The van der Waals surface area contributed by atoms with E-state index in [1.165, 1.54) is 0 Å². The highest BCUT2D eigenvalue weighted by atomic mass is 35.5. The van der Waals surface area contributed by atoms with Gasteiger partial charge < -0.3 is 9.64 Å². The highest BCUT2D eigenvalue weighted by molar-refractivity contribution is 7.91. The van der Waals surface area contributed by atoms with E-state index in [0.717, 1.165) is 6.42 Å². The third-order valence-corrected chi connectivity index (χ3v) is 6.19. The van der Waals surface area contributed by atoms with Crippen molar-refractivity contribution in [2.75, 3.05) is 30.3 Å². The fraction of sp³-hybridized carbons (Fsp3) is 0.304. The molecule has 3 rings (SSSR count). The van der Waals surface area contributed by atoms with E-state index in [4.69, 9.17) is 16.3 Å². The van der Waals surface area contributed by atoms with E-state index in [1.807, 2.05) is 37.3 Å². The van der Waals surface area contributed by atoms with Crippen LogP contribution in [0, 0.1) is 0 Å². The summed E-state index contributed by atoms with van der Waals surface area (Å²) >= 11 is 5.89. The number of nitrogens with zero attached hydrogens (tertiary/aromatic N) is 3. The number of hydrogen-bond acceptors (Lipinski definition) is 6. The number of sulfonamides is 1. The molecule has 0 aliphatic rings. The monoisotopic (exact) mass is 490 g/mol. The second-order valence-corrected chi connectivity index (χ2v) is 9.81. The number of rotatable bonds is 10. The lowest BCUT2D eigenvalue weighted by Crippen LogP contribution is -2.20.